The van der Waals surface area contributed by atoms with Gasteiger partial charge >= 0.3 is 0 Å². The van der Waals surface area contributed by atoms with Crippen molar-refractivity contribution in [2.24, 2.45) is 5.73 Å². The molecule has 0 aromatic heterocycles. The van der Waals surface area contributed by atoms with Gasteiger partial charge in [-0.2, -0.15) is 0 Å². The first kappa shape index (κ1) is 12.0. The summed E-state index contributed by atoms with van der Waals surface area (Å²) in [4.78, 5) is 0. The zero-order valence-electron chi connectivity index (χ0n) is 8.91. The van der Waals surface area contributed by atoms with Crippen molar-refractivity contribution < 1.29 is 8.42 Å². The van der Waals surface area contributed by atoms with E-state index in [1.54, 1.807) is 6.92 Å². The van der Waals surface area contributed by atoms with Crippen molar-refractivity contribution in [3.8, 4) is 0 Å². The van der Waals surface area contributed by atoms with Crippen molar-refractivity contribution in [2.45, 2.75) is 56.7 Å². The number of hydrogen-bond donors (Lipinski definition) is 1. The van der Waals surface area contributed by atoms with Crippen molar-refractivity contribution in [3.63, 3.8) is 0 Å². The first-order chi connectivity index (χ1) is 6.52. The highest BCUT2D eigenvalue weighted by Gasteiger charge is 2.26. The molecule has 1 rings (SSSR count). The van der Waals surface area contributed by atoms with E-state index in [0.717, 1.165) is 25.7 Å². The first-order valence-electron chi connectivity index (χ1n) is 5.49. The second-order valence-corrected chi connectivity index (χ2v) is 6.75. The first-order valence-corrected chi connectivity index (χ1v) is 7.21. The maximum Gasteiger partial charge on any atom is 0.154 e. The van der Waals surface area contributed by atoms with Gasteiger partial charge in [-0.1, -0.05) is 25.7 Å². The molecule has 1 atom stereocenters. The Morgan fingerprint density at radius 2 is 1.71 bits per heavy atom. The summed E-state index contributed by atoms with van der Waals surface area (Å²) in [5.74, 6) is 0.150. The van der Waals surface area contributed by atoms with E-state index in [-0.39, 0.29) is 17.0 Å². The Morgan fingerprint density at radius 3 is 2.14 bits per heavy atom. The lowest BCUT2D eigenvalue weighted by molar-refractivity contribution is 0.557. The molecule has 0 bridgehead atoms. The fraction of sp³-hybridized carbons (Fsp3) is 1.00. The molecule has 3 nitrogen and oxygen atoms in total. The second-order valence-electron chi connectivity index (χ2n) is 4.42. The van der Waals surface area contributed by atoms with Gasteiger partial charge in [0, 0.05) is 6.04 Å². The summed E-state index contributed by atoms with van der Waals surface area (Å²) in [5.41, 5.74) is 5.55. The van der Waals surface area contributed by atoms with Crippen molar-refractivity contribution in [2.75, 3.05) is 5.75 Å². The maximum atomic E-state index is 11.9. The van der Waals surface area contributed by atoms with Gasteiger partial charge in [-0.15, -0.1) is 0 Å². The lowest BCUT2D eigenvalue weighted by atomic mass is 10.2. The average Bonchev–Trinajstić information content (AvgIpc) is 2.28. The average molecular weight is 219 g/mol. The van der Waals surface area contributed by atoms with E-state index in [0.29, 0.717) is 0 Å². The topological polar surface area (TPSA) is 60.2 Å². The van der Waals surface area contributed by atoms with Crippen LogP contribution < -0.4 is 5.73 Å². The van der Waals surface area contributed by atoms with Gasteiger partial charge in [0.15, 0.2) is 9.84 Å². The highest BCUT2D eigenvalue weighted by atomic mass is 32.2. The van der Waals surface area contributed by atoms with Gasteiger partial charge < -0.3 is 5.73 Å². The van der Waals surface area contributed by atoms with Gasteiger partial charge in [0.1, 0.15) is 0 Å². The summed E-state index contributed by atoms with van der Waals surface area (Å²) in [6.45, 7) is 1.76. The molecule has 0 amide bonds. The quantitative estimate of drug-likeness (QED) is 0.731. The Morgan fingerprint density at radius 1 is 1.21 bits per heavy atom. The van der Waals surface area contributed by atoms with Gasteiger partial charge in [-0.3, -0.25) is 0 Å². The van der Waals surface area contributed by atoms with Crippen LogP contribution >= 0.6 is 0 Å². The molecule has 1 fully saturated rings. The van der Waals surface area contributed by atoms with Crippen LogP contribution in [-0.4, -0.2) is 25.5 Å². The Hall–Kier alpha value is -0.0900. The van der Waals surface area contributed by atoms with E-state index in [9.17, 15) is 8.42 Å². The van der Waals surface area contributed by atoms with Gasteiger partial charge in [-0.25, -0.2) is 8.42 Å². The third-order valence-corrected chi connectivity index (χ3v) is 5.28. The standard InChI is InChI=1S/C10H21NO2S/c1-9(11)8-14(12,13)10-6-4-2-3-5-7-10/h9-10H,2-8,11H2,1H3. The minimum Gasteiger partial charge on any atom is -0.327 e. The SMILES string of the molecule is CC(N)CS(=O)(=O)C1CCCCCC1. The molecule has 1 unspecified atom stereocenters. The molecule has 0 heterocycles. The van der Waals surface area contributed by atoms with Crippen LogP contribution in [0.3, 0.4) is 0 Å². The van der Waals surface area contributed by atoms with Gasteiger partial charge in [0.05, 0.1) is 11.0 Å². The summed E-state index contributed by atoms with van der Waals surface area (Å²) < 4.78 is 23.7. The molecule has 4 heteroatoms. The molecule has 84 valence electrons. The summed E-state index contributed by atoms with van der Waals surface area (Å²) in [6.07, 6.45) is 6.17. The van der Waals surface area contributed by atoms with E-state index in [1.165, 1.54) is 12.8 Å². The van der Waals surface area contributed by atoms with Crippen molar-refractivity contribution in [1.82, 2.24) is 0 Å². The smallest absolute Gasteiger partial charge is 0.154 e. The van der Waals surface area contributed by atoms with Crippen LogP contribution in [0.4, 0.5) is 0 Å². The highest BCUT2D eigenvalue weighted by molar-refractivity contribution is 7.92. The minimum atomic E-state index is -2.93. The van der Waals surface area contributed by atoms with Crippen molar-refractivity contribution in [1.29, 1.82) is 0 Å². The summed E-state index contributed by atoms with van der Waals surface area (Å²) in [6, 6.07) is -0.233. The molecule has 0 aromatic carbocycles. The Kier molecular flexibility index (Phi) is 4.38. The Bertz CT molecular complexity index is 251. The monoisotopic (exact) mass is 219 g/mol. The van der Waals surface area contributed by atoms with Crippen LogP contribution in [0.1, 0.15) is 45.4 Å². The van der Waals surface area contributed by atoms with E-state index >= 15 is 0 Å². The van der Waals surface area contributed by atoms with Crippen LogP contribution in [0, 0.1) is 0 Å². The summed E-state index contributed by atoms with van der Waals surface area (Å²) in [7, 11) is -2.93. The number of hydrogen-bond acceptors (Lipinski definition) is 3. The number of rotatable bonds is 3. The fourth-order valence-corrected chi connectivity index (χ4v) is 4.16. The van der Waals surface area contributed by atoms with Crippen LogP contribution in [0.5, 0.6) is 0 Å². The third kappa shape index (κ3) is 3.58. The molecule has 1 aliphatic rings. The van der Waals surface area contributed by atoms with Crippen LogP contribution in [-0.2, 0) is 9.84 Å². The lowest BCUT2D eigenvalue weighted by Crippen LogP contribution is -2.32. The molecule has 14 heavy (non-hydrogen) atoms. The Labute approximate surface area is 87.0 Å². The van der Waals surface area contributed by atoms with Crippen molar-refractivity contribution in [3.05, 3.63) is 0 Å². The fourth-order valence-electron chi connectivity index (χ4n) is 2.10. The normalized spacial score (nSPS) is 23.0. The minimum absolute atomic E-state index is 0.115. The van der Waals surface area contributed by atoms with Crippen molar-refractivity contribution >= 4 is 9.84 Å². The molecular formula is C10H21NO2S. The van der Waals surface area contributed by atoms with Crippen LogP contribution in [0.2, 0.25) is 0 Å². The predicted octanol–water partition coefficient (Wildman–Crippen LogP) is 1.47. The van der Waals surface area contributed by atoms with Gasteiger partial charge in [0.2, 0.25) is 0 Å². The molecule has 2 N–H and O–H groups in total. The zero-order valence-corrected chi connectivity index (χ0v) is 9.72. The van der Waals surface area contributed by atoms with E-state index < -0.39 is 9.84 Å². The molecule has 0 saturated heterocycles. The van der Waals surface area contributed by atoms with Crippen LogP contribution in [0.25, 0.3) is 0 Å². The molecular weight excluding hydrogens is 198 g/mol. The van der Waals surface area contributed by atoms with E-state index in [4.69, 9.17) is 5.73 Å². The van der Waals surface area contributed by atoms with E-state index in [2.05, 4.69) is 0 Å². The van der Waals surface area contributed by atoms with Crippen LogP contribution in [0.15, 0.2) is 0 Å². The molecule has 1 saturated carbocycles. The molecule has 0 radical (unpaired) electrons. The lowest BCUT2D eigenvalue weighted by Gasteiger charge is -2.16. The highest BCUT2D eigenvalue weighted by Crippen LogP contribution is 2.23. The molecule has 1 aliphatic carbocycles. The number of nitrogens with two attached hydrogens (primary N) is 1. The third-order valence-electron chi connectivity index (χ3n) is 2.81. The summed E-state index contributed by atoms with van der Waals surface area (Å²) >= 11 is 0. The largest absolute Gasteiger partial charge is 0.327 e. The predicted molar refractivity (Wildman–Crippen MR) is 58.9 cm³/mol. The molecule has 0 aliphatic heterocycles. The summed E-state index contributed by atoms with van der Waals surface area (Å²) in [5, 5.41) is -0.115. The molecule has 0 aromatic rings. The van der Waals surface area contributed by atoms with Gasteiger partial charge in [-0.05, 0) is 19.8 Å². The Balaban J connectivity index is 2.60. The van der Waals surface area contributed by atoms with E-state index in [1.807, 2.05) is 0 Å². The maximum absolute atomic E-state index is 11.9. The second kappa shape index (κ2) is 5.12. The van der Waals surface area contributed by atoms with Gasteiger partial charge in [0.25, 0.3) is 0 Å². The number of sulfone groups is 1. The zero-order chi connectivity index (χ0) is 10.6. The molecule has 0 spiro atoms.